The molecule has 28 heavy (non-hydrogen) atoms. The van der Waals surface area contributed by atoms with Crippen molar-refractivity contribution in [3.8, 4) is 5.75 Å². The highest BCUT2D eigenvalue weighted by Gasteiger charge is 2.14. The number of benzene rings is 2. The van der Waals surface area contributed by atoms with Crippen LogP contribution in [0.3, 0.4) is 0 Å². The number of amides is 1. The molecule has 0 saturated carbocycles. The maximum atomic E-state index is 12.8. The predicted octanol–water partition coefficient (Wildman–Crippen LogP) is 4.73. The molecule has 4 aromatic rings. The fraction of sp³-hybridized carbons (Fsp3) is 0.130. The van der Waals surface area contributed by atoms with Gasteiger partial charge in [0, 0.05) is 18.1 Å². The Morgan fingerprint density at radius 2 is 1.82 bits per heavy atom. The molecule has 0 fully saturated rings. The molecule has 1 N–H and O–H groups in total. The van der Waals surface area contributed by atoms with Gasteiger partial charge in [-0.15, -0.1) is 0 Å². The fourth-order valence-electron chi connectivity index (χ4n) is 3.13. The van der Waals surface area contributed by atoms with Crippen LogP contribution in [0.2, 0.25) is 0 Å². The van der Waals surface area contributed by atoms with Crippen molar-refractivity contribution in [1.82, 2.24) is 9.38 Å². The largest absolute Gasteiger partial charge is 0.486 e. The van der Waals surface area contributed by atoms with E-state index in [4.69, 9.17) is 4.74 Å². The summed E-state index contributed by atoms with van der Waals surface area (Å²) < 4.78 is 7.87. The van der Waals surface area contributed by atoms with Crippen LogP contribution in [0.25, 0.3) is 5.65 Å². The Bertz CT molecular complexity index is 1080. The van der Waals surface area contributed by atoms with Gasteiger partial charge in [-0.1, -0.05) is 43.3 Å². The number of rotatable bonds is 6. The average molecular weight is 371 g/mol. The van der Waals surface area contributed by atoms with Gasteiger partial charge in [0.05, 0.1) is 11.3 Å². The van der Waals surface area contributed by atoms with Crippen LogP contribution in [0.15, 0.2) is 79.1 Å². The third kappa shape index (κ3) is 3.74. The maximum Gasteiger partial charge on any atom is 0.259 e. The standard InChI is InChI=1S/C23H21N3O2/c1-2-17-9-3-5-11-20(17)25-23(27)19-10-4-6-12-21(19)28-16-18-15-26-14-8-7-13-22(26)24-18/h3-15H,2,16H2,1H3,(H,25,27). The van der Waals surface area contributed by atoms with Gasteiger partial charge >= 0.3 is 0 Å². The molecule has 0 radical (unpaired) electrons. The average Bonchev–Trinajstić information content (AvgIpc) is 3.16. The zero-order chi connectivity index (χ0) is 19.3. The summed E-state index contributed by atoms with van der Waals surface area (Å²) in [6.45, 7) is 2.36. The Labute approximate surface area is 163 Å². The van der Waals surface area contributed by atoms with Crippen molar-refractivity contribution in [2.24, 2.45) is 0 Å². The van der Waals surface area contributed by atoms with Crippen molar-refractivity contribution in [3.63, 3.8) is 0 Å². The lowest BCUT2D eigenvalue weighted by Crippen LogP contribution is -2.14. The lowest BCUT2D eigenvalue weighted by Gasteiger charge is -2.13. The number of imidazole rings is 1. The van der Waals surface area contributed by atoms with Crippen LogP contribution in [0.5, 0.6) is 5.75 Å². The zero-order valence-electron chi connectivity index (χ0n) is 15.6. The molecule has 0 bridgehead atoms. The molecular formula is C23H21N3O2. The van der Waals surface area contributed by atoms with Crippen molar-refractivity contribution in [2.45, 2.75) is 20.0 Å². The number of hydrogen-bond donors (Lipinski definition) is 1. The Hall–Kier alpha value is -3.60. The van der Waals surface area contributed by atoms with Gasteiger partial charge in [0.25, 0.3) is 5.91 Å². The van der Waals surface area contributed by atoms with Crippen LogP contribution in [-0.2, 0) is 13.0 Å². The molecule has 5 heteroatoms. The van der Waals surface area contributed by atoms with E-state index in [1.807, 2.05) is 71.4 Å². The highest BCUT2D eigenvalue weighted by molar-refractivity contribution is 6.06. The summed E-state index contributed by atoms with van der Waals surface area (Å²) in [4.78, 5) is 17.4. The predicted molar refractivity (Wildman–Crippen MR) is 110 cm³/mol. The molecule has 0 aliphatic heterocycles. The molecule has 0 unspecified atom stereocenters. The van der Waals surface area contributed by atoms with Crippen LogP contribution in [0.1, 0.15) is 28.5 Å². The highest BCUT2D eigenvalue weighted by atomic mass is 16.5. The second-order valence-corrected chi connectivity index (χ2v) is 6.45. The summed E-state index contributed by atoms with van der Waals surface area (Å²) in [7, 11) is 0. The highest BCUT2D eigenvalue weighted by Crippen LogP contribution is 2.22. The second kappa shape index (κ2) is 7.96. The topological polar surface area (TPSA) is 55.6 Å². The van der Waals surface area contributed by atoms with Gasteiger partial charge in [-0.25, -0.2) is 4.98 Å². The molecule has 1 amide bonds. The number of aromatic nitrogens is 2. The van der Waals surface area contributed by atoms with Gasteiger partial charge in [0.15, 0.2) is 0 Å². The number of carbonyl (C=O) groups excluding carboxylic acids is 1. The Kier molecular flexibility index (Phi) is 5.06. The molecule has 0 spiro atoms. The van der Waals surface area contributed by atoms with Crippen LogP contribution >= 0.6 is 0 Å². The summed E-state index contributed by atoms with van der Waals surface area (Å²) in [5.41, 5.74) is 4.09. The minimum atomic E-state index is -0.188. The van der Waals surface area contributed by atoms with E-state index in [2.05, 4.69) is 17.2 Å². The molecule has 4 rings (SSSR count). The van der Waals surface area contributed by atoms with Gasteiger partial charge in [-0.05, 0) is 42.3 Å². The smallest absolute Gasteiger partial charge is 0.259 e. The summed E-state index contributed by atoms with van der Waals surface area (Å²) >= 11 is 0. The quantitative estimate of drug-likeness (QED) is 0.533. The van der Waals surface area contributed by atoms with Crippen molar-refractivity contribution in [1.29, 1.82) is 0 Å². The molecule has 0 aliphatic rings. The van der Waals surface area contributed by atoms with E-state index in [9.17, 15) is 4.79 Å². The number of ether oxygens (including phenoxy) is 1. The van der Waals surface area contributed by atoms with Crippen molar-refractivity contribution < 1.29 is 9.53 Å². The van der Waals surface area contributed by atoms with Gasteiger partial charge in [-0.3, -0.25) is 4.79 Å². The lowest BCUT2D eigenvalue weighted by atomic mass is 10.1. The van der Waals surface area contributed by atoms with Crippen LogP contribution < -0.4 is 10.1 Å². The monoisotopic (exact) mass is 371 g/mol. The number of nitrogens with one attached hydrogen (secondary N) is 1. The van der Waals surface area contributed by atoms with Gasteiger partial charge in [-0.2, -0.15) is 0 Å². The van der Waals surface area contributed by atoms with E-state index in [1.165, 1.54) is 0 Å². The van der Waals surface area contributed by atoms with Crippen molar-refractivity contribution in [3.05, 3.63) is 95.9 Å². The number of pyridine rings is 1. The molecule has 0 aliphatic carbocycles. The van der Waals surface area contributed by atoms with E-state index in [0.29, 0.717) is 11.3 Å². The van der Waals surface area contributed by atoms with E-state index in [1.54, 1.807) is 12.1 Å². The first-order valence-corrected chi connectivity index (χ1v) is 9.28. The van der Waals surface area contributed by atoms with Crippen molar-refractivity contribution >= 4 is 17.2 Å². The third-order valence-electron chi connectivity index (χ3n) is 4.57. The molecule has 140 valence electrons. The number of para-hydroxylation sites is 2. The van der Waals surface area contributed by atoms with Crippen LogP contribution in [0.4, 0.5) is 5.69 Å². The maximum absolute atomic E-state index is 12.8. The molecule has 2 aromatic carbocycles. The number of nitrogens with zero attached hydrogens (tertiary/aromatic N) is 2. The number of aryl methyl sites for hydroxylation is 1. The van der Waals surface area contributed by atoms with Gasteiger partial charge < -0.3 is 14.5 Å². The first-order valence-electron chi connectivity index (χ1n) is 9.28. The molecule has 0 atom stereocenters. The Morgan fingerprint density at radius 1 is 1.04 bits per heavy atom. The van der Waals surface area contributed by atoms with E-state index >= 15 is 0 Å². The first kappa shape index (κ1) is 17.8. The Morgan fingerprint density at radius 3 is 2.68 bits per heavy atom. The molecule has 0 saturated heterocycles. The van der Waals surface area contributed by atoms with Crippen molar-refractivity contribution in [2.75, 3.05) is 5.32 Å². The SMILES string of the molecule is CCc1ccccc1NC(=O)c1ccccc1OCc1cn2ccccc2n1. The van der Waals surface area contributed by atoms with Gasteiger partial charge in [0.1, 0.15) is 18.0 Å². The molecule has 5 nitrogen and oxygen atoms in total. The van der Waals surface area contributed by atoms with Crippen LogP contribution in [0, 0.1) is 0 Å². The van der Waals surface area contributed by atoms with E-state index in [0.717, 1.165) is 29.0 Å². The zero-order valence-corrected chi connectivity index (χ0v) is 15.6. The fourth-order valence-corrected chi connectivity index (χ4v) is 3.13. The summed E-state index contributed by atoms with van der Waals surface area (Å²) in [5.74, 6) is 0.345. The molecule has 2 aromatic heterocycles. The third-order valence-corrected chi connectivity index (χ3v) is 4.57. The molecular weight excluding hydrogens is 350 g/mol. The first-order chi connectivity index (χ1) is 13.7. The van der Waals surface area contributed by atoms with E-state index in [-0.39, 0.29) is 12.5 Å². The summed E-state index contributed by atoms with van der Waals surface area (Å²) in [6.07, 6.45) is 4.72. The Balaban J connectivity index is 1.52. The van der Waals surface area contributed by atoms with E-state index < -0.39 is 0 Å². The number of carbonyl (C=O) groups is 1. The second-order valence-electron chi connectivity index (χ2n) is 6.45. The van der Waals surface area contributed by atoms with Crippen LogP contribution in [-0.4, -0.2) is 15.3 Å². The minimum Gasteiger partial charge on any atom is -0.486 e. The summed E-state index contributed by atoms with van der Waals surface area (Å²) in [5, 5.41) is 3.00. The molecule has 2 heterocycles. The number of hydrogen-bond acceptors (Lipinski definition) is 3. The minimum absolute atomic E-state index is 0.188. The van der Waals surface area contributed by atoms with Gasteiger partial charge in [0.2, 0.25) is 0 Å². The summed E-state index contributed by atoms with van der Waals surface area (Å²) in [6, 6.07) is 20.9. The lowest BCUT2D eigenvalue weighted by molar-refractivity contribution is 0.102. The number of fused-ring (bicyclic) bond motifs is 1. The number of anilines is 1. The normalized spacial score (nSPS) is 10.8.